The lowest BCUT2D eigenvalue weighted by atomic mass is 10.2. The number of hydrogen-bond donors (Lipinski definition) is 0. The summed E-state index contributed by atoms with van der Waals surface area (Å²) in [4.78, 5) is 14.3. The molecular weight excluding hydrogens is 247 g/mol. The van der Waals surface area contributed by atoms with Crippen molar-refractivity contribution in [3.8, 4) is 0 Å². The van der Waals surface area contributed by atoms with Crippen LogP contribution in [0.25, 0.3) is 0 Å². The number of carbonyl (C=O) groups is 1. The van der Waals surface area contributed by atoms with E-state index in [1.807, 2.05) is 0 Å². The number of nitrogens with zero attached hydrogens (tertiary/aromatic N) is 1. The largest absolute Gasteiger partial charge is 0.461 e. The summed E-state index contributed by atoms with van der Waals surface area (Å²) in [5.41, 5.74) is -1.31. The van der Waals surface area contributed by atoms with Crippen molar-refractivity contribution in [3.05, 3.63) is 28.3 Å². The molecule has 0 radical (unpaired) electrons. The number of rotatable bonds is 3. The average molecular weight is 254 g/mol. The Morgan fingerprint density at radius 1 is 1.62 bits per heavy atom. The zero-order valence-corrected chi connectivity index (χ0v) is 8.89. The van der Waals surface area contributed by atoms with Gasteiger partial charge in [-0.15, -0.1) is 0 Å². The molecule has 0 saturated carbocycles. The van der Waals surface area contributed by atoms with Crippen LogP contribution in [0.4, 0.5) is 13.2 Å². The van der Waals surface area contributed by atoms with Gasteiger partial charge in [-0.3, -0.25) is 0 Å². The highest BCUT2D eigenvalue weighted by Gasteiger charge is 2.21. The molecule has 1 heterocycles. The molecule has 1 aromatic rings. The van der Waals surface area contributed by atoms with Gasteiger partial charge in [0, 0.05) is 5.56 Å². The zero-order valence-electron chi connectivity index (χ0n) is 8.14. The second-order valence-electron chi connectivity index (χ2n) is 2.72. The molecule has 7 heteroatoms. The predicted octanol–water partition coefficient (Wildman–Crippen LogP) is 2.99. The highest BCUT2D eigenvalue weighted by molar-refractivity contribution is 6.31. The fourth-order valence-corrected chi connectivity index (χ4v) is 1.16. The van der Waals surface area contributed by atoms with Crippen LogP contribution in [-0.2, 0) is 4.74 Å². The molecule has 1 rings (SSSR count). The molecule has 0 bridgehead atoms. The third-order valence-corrected chi connectivity index (χ3v) is 2.04. The van der Waals surface area contributed by atoms with E-state index in [4.69, 9.17) is 11.6 Å². The number of esters is 1. The molecule has 3 nitrogen and oxygen atoms in total. The Labute approximate surface area is 94.2 Å². The fourth-order valence-electron chi connectivity index (χ4n) is 0.985. The molecule has 0 fully saturated rings. The van der Waals surface area contributed by atoms with Crippen LogP contribution in [0.3, 0.4) is 0 Å². The van der Waals surface area contributed by atoms with Crippen LogP contribution in [0.1, 0.15) is 29.4 Å². The Hall–Kier alpha value is -1.30. The SMILES string of the molecule is CCOC(=O)c1cc(C(F)F)c(Cl)c(F)n1. The summed E-state index contributed by atoms with van der Waals surface area (Å²) in [5.74, 6) is -2.29. The normalized spacial score (nSPS) is 10.6. The van der Waals surface area contributed by atoms with Crippen molar-refractivity contribution >= 4 is 17.6 Å². The van der Waals surface area contributed by atoms with E-state index < -0.39 is 34.6 Å². The van der Waals surface area contributed by atoms with Crippen molar-refractivity contribution in [2.24, 2.45) is 0 Å². The van der Waals surface area contributed by atoms with E-state index in [9.17, 15) is 18.0 Å². The van der Waals surface area contributed by atoms with Crippen LogP contribution in [0.2, 0.25) is 5.02 Å². The summed E-state index contributed by atoms with van der Waals surface area (Å²) >= 11 is 5.27. The number of pyridine rings is 1. The minimum absolute atomic E-state index is 0.0365. The Balaban J connectivity index is 3.18. The van der Waals surface area contributed by atoms with E-state index in [0.717, 1.165) is 0 Å². The Kier molecular flexibility index (Phi) is 4.12. The van der Waals surface area contributed by atoms with Gasteiger partial charge in [-0.2, -0.15) is 4.39 Å². The molecule has 0 aliphatic rings. The minimum Gasteiger partial charge on any atom is -0.461 e. The van der Waals surface area contributed by atoms with Crippen molar-refractivity contribution in [2.75, 3.05) is 6.61 Å². The van der Waals surface area contributed by atoms with E-state index in [1.165, 1.54) is 6.92 Å². The first-order valence-electron chi connectivity index (χ1n) is 4.28. The number of halogens is 4. The van der Waals surface area contributed by atoms with Crippen molar-refractivity contribution < 1.29 is 22.7 Å². The molecule has 0 aliphatic carbocycles. The number of ether oxygens (including phenoxy) is 1. The quantitative estimate of drug-likeness (QED) is 0.614. The molecule has 88 valence electrons. The number of aromatic nitrogens is 1. The van der Waals surface area contributed by atoms with Gasteiger partial charge >= 0.3 is 5.97 Å². The Morgan fingerprint density at radius 3 is 2.75 bits per heavy atom. The second-order valence-corrected chi connectivity index (χ2v) is 3.10. The maximum absolute atomic E-state index is 13.0. The highest BCUT2D eigenvalue weighted by atomic mass is 35.5. The third kappa shape index (κ3) is 2.63. The zero-order chi connectivity index (χ0) is 12.3. The molecule has 0 saturated heterocycles. The van der Waals surface area contributed by atoms with Crippen LogP contribution in [0.5, 0.6) is 0 Å². The predicted molar refractivity (Wildman–Crippen MR) is 50.1 cm³/mol. The lowest BCUT2D eigenvalue weighted by Gasteiger charge is -2.06. The first-order chi connectivity index (χ1) is 7.47. The lowest BCUT2D eigenvalue weighted by molar-refractivity contribution is 0.0517. The van der Waals surface area contributed by atoms with Crippen LogP contribution < -0.4 is 0 Å². The number of carbonyl (C=O) groups excluding carboxylic acids is 1. The topological polar surface area (TPSA) is 39.2 Å². The van der Waals surface area contributed by atoms with Crippen molar-refractivity contribution in [1.29, 1.82) is 0 Å². The average Bonchev–Trinajstić information content (AvgIpc) is 2.21. The minimum atomic E-state index is -2.99. The van der Waals surface area contributed by atoms with Crippen molar-refractivity contribution in [3.63, 3.8) is 0 Å². The van der Waals surface area contributed by atoms with Crippen LogP contribution >= 0.6 is 11.6 Å². The molecular formula is C9H7ClF3NO2. The van der Waals surface area contributed by atoms with Gasteiger partial charge in [-0.1, -0.05) is 11.6 Å². The molecule has 0 amide bonds. The summed E-state index contributed by atoms with van der Waals surface area (Å²) in [6, 6.07) is 0.716. The van der Waals surface area contributed by atoms with E-state index in [0.29, 0.717) is 6.07 Å². The third-order valence-electron chi connectivity index (χ3n) is 1.67. The molecule has 0 spiro atoms. The van der Waals surface area contributed by atoms with Crippen LogP contribution in [-0.4, -0.2) is 17.6 Å². The van der Waals surface area contributed by atoms with Gasteiger partial charge in [-0.05, 0) is 13.0 Å². The van der Waals surface area contributed by atoms with Gasteiger partial charge in [0.2, 0.25) is 5.95 Å². The van der Waals surface area contributed by atoms with Gasteiger partial charge < -0.3 is 4.74 Å². The van der Waals surface area contributed by atoms with E-state index in [1.54, 1.807) is 0 Å². The Bertz CT molecular complexity index is 412. The fraction of sp³-hybridized carbons (Fsp3) is 0.333. The van der Waals surface area contributed by atoms with Crippen LogP contribution in [0.15, 0.2) is 6.07 Å². The Morgan fingerprint density at radius 2 is 2.25 bits per heavy atom. The molecule has 1 aromatic heterocycles. The number of hydrogen-bond acceptors (Lipinski definition) is 3. The van der Waals surface area contributed by atoms with Gasteiger partial charge in [0.25, 0.3) is 6.43 Å². The summed E-state index contributed by atoms with van der Waals surface area (Å²) in [7, 11) is 0. The van der Waals surface area contributed by atoms with E-state index in [-0.39, 0.29) is 6.61 Å². The summed E-state index contributed by atoms with van der Waals surface area (Å²) < 4.78 is 42.3. The molecule has 0 aromatic carbocycles. The second kappa shape index (κ2) is 5.16. The molecule has 0 N–H and O–H groups in total. The van der Waals surface area contributed by atoms with Gasteiger partial charge in [0.1, 0.15) is 5.02 Å². The van der Waals surface area contributed by atoms with Crippen molar-refractivity contribution in [2.45, 2.75) is 13.3 Å². The highest BCUT2D eigenvalue weighted by Crippen LogP contribution is 2.29. The lowest BCUT2D eigenvalue weighted by Crippen LogP contribution is -2.09. The van der Waals surface area contributed by atoms with Crippen LogP contribution in [0, 0.1) is 5.95 Å². The summed E-state index contributed by atoms with van der Waals surface area (Å²) in [5, 5.41) is -0.789. The maximum Gasteiger partial charge on any atom is 0.357 e. The first kappa shape index (κ1) is 12.8. The molecule has 0 atom stereocenters. The van der Waals surface area contributed by atoms with Gasteiger partial charge in [0.05, 0.1) is 6.61 Å². The standard InChI is InChI=1S/C9H7ClF3NO2/c1-2-16-9(15)5-3-4(7(11)12)6(10)8(13)14-5/h3,7H,2H2,1H3. The maximum atomic E-state index is 13.0. The number of alkyl halides is 2. The summed E-state index contributed by atoms with van der Waals surface area (Å²) in [6.07, 6.45) is -2.99. The summed E-state index contributed by atoms with van der Waals surface area (Å²) in [6.45, 7) is 1.56. The van der Waals surface area contributed by atoms with Gasteiger partial charge in [-0.25, -0.2) is 18.6 Å². The molecule has 16 heavy (non-hydrogen) atoms. The smallest absolute Gasteiger partial charge is 0.357 e. The van der Waals surface area contributed by atoms with E-state index >= 15 is 0 Å². The van der Waals surface area contributed by atoms with Crippen molar-refractivity contribution in [1.82, 2.24) is 4.98 Å². The van der Waals surface area contributed by atoms with Gasteiger partial charge in [0.15, 0.2) is 5.69 Å². The monoisotopic (exact) mass is 253 g/mol. The molecule has 0 unspecified atom stereocenters. The molecule has 0 aliphatic heterocycles. The first-order valence-corrected chi connectivity index (χ1v) is 4.66. The van der Waals surface area contributed by atoms with E-state index in [2.05, 4.69) is 9.72 Å².